The van der Waals surface area contributed by atoms with Gasteiger partial charge in [0.2, 0.25) is 17.7 Å². The van der Waals surface area contributed by atoms with Crippen LogP contribution in [0.2, 0.25) is 0 Å². The fraction of sp³-hybridized carbons (Fsp3) is 0.667. The smallest absolute Gasteiger partial charge is 0.248 e. The normalized spacial score (nSPS) is 29.6. The minimum Gasteiger partial charge on any atom is -0.497 e. The van der Waals surface area contributed by atoms with Gasteiger partial charge in [0.25, 0.3) is 0 Å². The van der Waals surface area contributed by atoms with Crippen molar-refractivity contribution in [2.75, 3.05) is 18.6 Å². The summed E-state index contributed by atoms with van der Waals surface area (Å²) in [4.78, 5) is 20.1. The van der Waals surface area contributed by atoms with E-state index < -0.39 is 5.92 Å². The Balaban J connectivity index is 1.19. The van der Waals surface area contributed by atoms with E-state index in [0.29, 0.717) is 18.2 Å². The Labute approximate surface area is 204 Å². The van der Waals surface area contributed by atoms with E-state index in [1.54, 1.807) is 7.11 Å². The SMILES string of the molecule is COc1cccc(N(CC23CCC(c4nc(C5CC5)no4)(CC2)CC3)C(=O)CC2CC(F)(F)C2)c1. The average molecular weight is 486 g/mol. The Morgan fingerprint density at radius 2 is 1.86 bits per heavy atom. The number of aromatic nitrogens is 2. The molecule has 1 aromatic carbocycles. The van der Waals surface area contributed by atoms with Crippen molar-refractivity contribution in [1.29, 1.82) is 0 Å². The van der Waals surface area contributed by atoms with Crippen LogP contribution in [0.4, 0.5) is 14.5 Å². The Morgan fingerprint density at radius 1 is 1.14 bits per heavy atom. The third kappa shape index (κ3) is 4.33. The number of ether oxygens (including phenoxy) is 1. The second kappa shape index (κ2) is 8.27. The van der Waals surface area contributed by atoms with Crippen molar-refractivity contribution in [3.05, 3.63) is 36.0 Å². The maximum Gasteiger partial charge on any atom is 0.248 e. The van der Waals surface area contributed by atoms with E-state index >= 15 is 0 Å². The summed E-state index contributed by atoms with van der Waals surface area (Å²) < 4.78 is 38.0. The molecule has 5 aliphatic rings. The Kier molecular flexibility index (Phi) is 5.42. The van der Waals surface area contributed by atoms with E-state index in [1.807, 2.05) is 29.2 Å². The summed E-state index contributed by atoms with van der Waals surface area (Å²) in [5, 5.41) is 4.26. The monoisotopic (exact) mass is 485 g/mol. The van der Waals surface area contributed by atoms with Gasteiger partial charge in [-0.1, -0.05) is 11.2 Å². The number of carbonyl (C=O) groups is 1. The predicted octanol–water partition coefficient (Wildman–Crippen LogP) is 6.02. The number of nitrogens with zero attached hydrogens (tertiary/aromatic N) is 3. The standard InChI is InChI=1S/C27H33F2N3O3/c1-34-21-4-2-3-20(14-21)32(22(33)13-18-15-27(28,29)16-18)17-25-7-10-26(11-8-25,12-9-25)24-30-23(31-35-24)19-5-6-19/h2-4,14,18-19H,5-13,15-17H2,1H3. The molecule has 8 heteroatoms. The minimum atomic E-state index is -2.62. The summed E-state index contributed by atoms with van der Waals surface area (Å²) in [6.45, 7) is 0.606. The molecule has 0 saturated heterocycles. The third-order valence-corrected chi connectivity index (χ3v) is 9.04. The van der Waals surface area contributed by atoms with Crippen LogP contribution >= 0.6 is 0 Å². The molecular weight excluding hydrogens is 452 g/mol. The number of halogens is 2. The number of fused-ring (bicyclic) bond motifs is 3. The number of hydrogen-bond donors (Lipinski definition) is 0. The largest absolute Gasteiger partial charge is 0.497 e. The van der Waals surface area contributed by atoms with Gasteiger partial charge in [0.15, 0.2) is 5.82 Å². The zero-order valence-electron chi connectivity index (χ0n) is 20.3. The molecule has 1 aromatic heterocycles. The van der Waals surface area contributed by atoms with E-state index in [2.05, 4.69) is 5.16 Å². The van der Waals surface area contributed by atoms with Gasteiger partial charge in [0.1, 0.15) is 5.75 Å². The van der Waals surface area contributed by atoms with Gasteiger partial charge in [0.05, 0.1) is 7.11 Å². The van der Waals surface area contributed by atoms with Gasteiger partial charge in [-0.05, 0) is 74.8 Å². The van der Waals surface area contributed by atoms with Crippen LogP contribution in [0.3, 0.4) is 0 Å². The van der Waals surface area contributed by atoms with E-state index in [0.717, 1.165) is 68.8 Å². The average Bonchev–Trinajstić information content (AvgIpc) is 3.58. The summed E-state index contributed by atoms with van der Waals surface area (Å²) in [5.41, 5.74) is 0.760. The van der Waals surface area contributed by atoms with Crippen LogP contribution in [0.25, 0.3) is 0 Å². The fourth-order valence-electron chi connectivity index (χ4n) is 6.50. The van der Waals surface area contributed by atoms with Gasteiger partial charge < -0.3 is 14.2 Å². The first-order chi connectivity index (χ1) is 16.8. The zero-order chi connectivity index (χ0) is 24.3. The molecule has 2 aromatic rings. The molecule has 0 radical (unpaired) electrons. The van der Waals surface area contributed by atoms with Crippen molar-refractivity contribution in [3.63, 3.8) is 0 Å². The number of hydrogen-bond acceptors (Lipinski definition) is 5. The summed E-state index contributed by atoms with van der Waals surface area (Å²) in [7, 11) is 1.61. The number of carbonyl (C=O) groups excluding carboxylic acids is 1. The van der Waals surface area contributed by atoms with Crippen LogP contribution in [-0.4, -0.2) is 35.6 Å². The van der Waals surface area contributed by atoms with Crippen LogP contribution in [0, 0.1) is 11.3 Å². The number of amides is 1. The van der Waals surface area contributed by atoms with Crippen molar-refractivity contribution >= 4 is 11.6 Å². The highest BCUT2D eigenvalue weighted by Crippen LogP contribution is 2.58. The van der Waals surface area contributed by atoms with Crippen molar-refractivity contribution in [2.45, 2.75) is 87.9 Å². The highest BCUT2D eigenvalue weighted by Gasteiger charge is 2.53. The number of alkyl halides is 2. The van der Waals surface area contributed by atoms with Gasteiger partial charge in [-0.3, -0.25) is 4.79 Å². The lowest BCUT2D eigenvalue weighted by molar-refractivity contribution is -0.132. The van der Waals surface area contributed by atoms with E-state index in [4.69, 9.17) is 14.2 Å². The molecular formula is C27H33F2N3O3. The molecule has 0 spiro atoms. The molecule has 5 saturated carbocycles. The van der Waals surface area contributed by atoms with Crippen LogP contribution < -0.4 is 9.64 Å². The summed E-state index contributed by atoms with van der Waals surface area (Å²) in [6, 6.07) is 7.52. The first kappa shape index (κ1) is 22.9. The first-order valence-corrected chi connectivity index (χ1v) is 13.0. The zero-order valence-corrected chi connectivity index (χ0v) is 20.3. The predicted molar refractivity (Wildman–Crippen MR) is 126 cm³/mol. The minimum absolute atomic E-state index is 0.0172. The molecule has 7 rings (SSSR count). The molecule has 6 nitrogen and oxygen atoms in total. The van der Waals surface area contributed by atoms with E-state index in [-0.39, 0.29) is 41.9 Å². The van der Waals surface area contributed by atoms with Gasteiger partial charge in [-0.25, -0.2) is 8.78 Å². The van der Waals surface area contributed by atoms with Crippen molar-refractivity contribution in [2.24, 2.45) is 11.3 Å². The van der Waals surface area contributed by atoms with Crippen LogP contribution in [0.1, 0.15) is 88.3 Å². The quantitative estimate of drug-likeness (QED) is 0.458. The van der Waals surface area contributed by atoms with Crippen molar-refractivity contribution in [1.82, 2.24) is 10.1 Å². The molecule has 0 unspecified atom stereocenters. The molecule has 35 heavy (non-hydrogen) atoms. The number of methoxy groups -OCH3 is 1. The molecule has 0 atom stereocenters. The van der Waals surface area contributed by atoms with Crippen LogP contribution in [0.15, 0.2) is 28.8 Å². The molecule has 0 N–H and O–H groups in total. The maximum atomic E-state index is 13.5. The molecule has 1 amide bonds. The summed E-state index contributed by atoms with van der Waals surface area (Å²) in [6.07, 6.45) is 8.01. The molecule has 5 aliphatic carbocycles. The lowest BCUT2D eigenvalue weighted by Crippen LogP contribution is -2.51. The third-order valence-electron chi connectivity index (χ3n) is 9.04. The molecule has 0 aliphatic heterocycles. The lowest BCUT2D eigenvalue weighted by atomic mass is 9.53. The molecule has 5 fully saturated rings. The van der Waals surface area contributed by atoms with E-state index in [9.17, 15) is 13.6 Å². The topological polar surface area (TPSA) is 68.5 Å². The van der Waals surface area contributed by atoms with Crippen molar-refractivity contribution < 1.29 is 22.8 Å². The first-order valence-electron chi connectivity index (χ1n) is 13.0. The van der Waals surface area contributed by atoms with Crippen LogP contribution in [-0.2, 0) is 10.2 Å². The molecule has 2 bridgehead atoms. The number of anilines is 1. The van der Waals surface area contributed by atoms with Gasteiger partial charge in [0, 0.05) is 48.9 Å². The number of benzene rings is 1. The fourth-order valence-corrected chi connectivity index (χ4v) is 6.50. The Morgan fingerprint density at radius 3 is 2.49 bits per heavy atom. The van der Waals surface area contributed by atoms with Crippen LogP contribution in [0.5, 0.6) is 5.75 Å². The highest BCUT2D eigenvalue weighted by molar-refractivity contribution is 5.94. The van der Waals surface area contributed by atoms with Gasteiger partial charge in [-0.2, -0.15) is 4.98 Å². The highest BCUT2D eigenvalue weighted by atomic mass is 19.3. The van der Waals surface area contributed by atoms with Crippen molar-refractivity contribution in [3.8, 4) is 5.75 Å². The second-order valence-corrected chi connectivity index (χ2v) is 11.5. The Hall–Kier alpha value is -2.51. The lowest BCUT2D eigenvalue weighted by Gasteiger charge is -2.53. The van der Waals surface area contributed by atoms with Gasteiger partial charge >= 0.3 is 0 Å². The summed E-state index contributed by atoms with van der Waals surface area (Å²) in [5.74, 6) is -0.0923. The van der Waals surface area contributed by atoms with E-state index in [1.165, 1.54) is 0 Å². The maximum absolute atomic E-state index is 13.5. The summed E-state index contributed by atoms with van der Waals surface area (Å²) >= 11 is 0. The number of rotatable bonds is 8. The molecule has 188 valence electrons. The molecule has 1 heterocycles. The Bertz CT molecular complexity index is 1080. The second-order valence-electron chi connectivity index (χ2n) is 11.5. The van der Waals surface area contributed by atoms with Gasteiger partial charge in [-0.15, -0.1) is 0 Å².